The number of aliphatic imine (C=N–C) groups is 2. The number of alkyl halides is 3. The van der Waals surface area contributed by atoms with Crippen LogP contribution in [0.3, 0.4) is 0 Å². The molecule has 1 aliphatic rings. The van der Waals surface area contributed by atoms with E-state index in [9.17, 15) is 13.2 Å². The Morgan fingerprint density at radius 1 is 1.03 bits per heavy atom. The fraction of sp³-hybridized carbons (Fsp3) is 0.182. The molecule has 12 heteroatoms. The van der Waals surface area contributed by atoms with Gasteiger partial charge in [0.2, 0.25) is 5.82 Å². The number of anilines is 1. The molecule has 0 saturated carbocycles. The number of nitrogens with zero attached hydrogens (tertiary/aromatic N) is 6. The Bertz CT molecular complexity index is 1360. The van der Waals surface area contributed by atoms with Gasteiger partial charge in [0.05, 0.1) is 16.8 Å². The Morgan fingerprint density at radius 2 is 1.85 bits per heavy atom. The predicted octanol–water partition coefficient (Wildman–Crippen LogP) is 5.13. The van der Waals surface area contributed by atoms with Crippen molar-refractivity contribution in [2.24, 2.45) is 9.98 Å². The SMILES string of the molecule is CC1(Cc2ccc(-c3noc(C(F)(F)F)n3)s2)N=CC(Nc2ccc(-c3ccccc3)nn2)=N1. The zero-order valence-corrected chi connectivity index (χ0v) is 18.4. The molecule has 0 spiro atoms. The van der Waals surface area contributed by atoms with Crippen LogP contribution in [-0.2, 0) is 12.6 Å². The number of halogens is 3. The van der Waals surface area contributed by atoms with Crippen LogP contribution in [0.4, 0.5) is 19.0 Å². The molecule has 0 saturated heterocycles. The van der Waals surface area contributed by atoms with E-state index < -0.39 is 17.7 Å². The quantitative estimate of drug-likeness (QED) is 0.422. The second kappa shape index (κ2) is 8.45. The molecule has 4 heterocycles. The van der Waals surface area contributed by atoms with Gasteiger partial charge in [-0.25, -0.2) is 4.99 Å². The minimum atomic E-state index is -4.68. The smallest absolute Gasteiger partial charge is 0.329 e. The highest BCUT2D eigenvalue weighted by atomic mass is 32.1. The molecule has 34 heavy (non-hydrogen) atoms. The second-order valence-electron chi connectivity index (χ2n) is 7.63. The molecular weight excluding hydrogens is 467 g/mol. The van der Waals surface area contributed by atoms with Gasteiger partial charge in [-0.15, -0.1) is 21.5 Å². The maximum atomic E-state index is 12.7. The van der Waals surface area contributed by atoms with Crippen molar-refractivity contribution >= 4 is 29.2 Å². The highest BCUT2D eigenvalue weighted by Gasteiger charge is 2.38. The van der Waals surface area contributed by atoms with Crippen molar-refractivity contribution in [2.75, 3.05) is 5.32 Å². The third-order valence-corrected chi connectivity index (χ3v) is 5.96. The number of nitrogens with one attached hydrogen (secondary N) is 1. The van der Waals surface area contributed by atoms with Gasteiger partial charge in [0.15, 0.2) is 11.5 Å². The van der Waals surface area contributed by atoms with Crippen LogP contribution in [0.1, 0.15) is 17.7 Å². The lowest BCUT2D eigenvalue weighted by molar-refractivity contribution is -0.159. The molecule has 0 radical (unpaired) electrons. The van der Waals surface area contributed by atoms with Gasteiger partial charge in [0, 0.05) is 16.9 Å². The molecule has 1 aliphatic heterocycles. The van der Waals surface area contributed by atoms with Crippen molar-refractivity contribution in [3.63, 3.8) is 0 Å². The molecule has 4 aromatic rings. The van der Waals surface area contributed by atoms with E-state index in [1.54, 1.807) is 18.3 Å². The normalized spacial score (nSPS) is 17.7. The van der Waals surface area contributed by atoms with Crippen molar-refractivity contribution in [1.82, 2.24) is 20.3 Å². The number of amidine groups is 1. The topological polar surface area (TPSA) is 101 Å². The molecule has 172 valence electrons. The maximum Gasteiger partial charge on any atom is 0.471 e. The first-order chi connectivity index (χ1) is 16.3. The number of hydrogen-bond donors (Lipinski definition) is 1. The summed E-state index contributed by atoms with van der Waals surface area (Å²) in [4.78, 5) is 13.9. The number of hydrogen-bond acceptors (Lipinski definition) is 9. The molecule has 0 aliphatic carbocycles. The van der Waals surface area contributed by atoms with E-state index in [1.807, 2.05) is 49.4 Å². The summed E-state index contributed by atoms with van der Waals surface area (Å²) in [5.74, 6) is -0.406. The minimum Gasteiger partial charge on any atom is -0.329 e. The molecule has 8 nitrogen and oxygen atoms in total. The first kappa shape index (κ1) is 21.9. The molecule has 5 rings (SSSR count). The fourth-order valence-electron chi connectivity index (χ4n) is 3.32. The van der Waals surface area contributed by atoms with Crippen molar-refractivity contribution in [3.05, 3.63) is 65.4 Å². The van der Waals surface area contributed by atoms with E-state index in [1.165, 1.54) is 11.3 Å². The molecule has 1 unspecified atom stereocenters. The summed E-state index contributed by atoms with van der Waals surface area (Å²) in [5.41, 5.74) is 0.964. The predicted molar refractivity (Wildman–Crippen MR) is 122 cm³/mol. The fourth-order valence-corrected chi connectivity index (χ4v) is 4.39. The van der Waals surface area contributed by atoms with Crippen molar-refractivity contribution in [2.45, 2.75) is 25.2 Å². The van der Waals surface area contributed by atoms with Crippen molar-refractivity contribution < 1.29 is 17.7 Å². The lowest BCUT2D eigenvalue weighted by atomic mass is 10.1. The molecule has 0 amide bonds. The van der Waals surface area contributed by atoms with Gasteiger partial charge in [-0.05, 0) is 31.2 Å². The average molecular weight is 483 g/mol. The van der Waals surface area contributed by atoms with Gasteiger partial charge in [-0.3, -0.25) is 4.99 Å². The largest absolute Gasteiger partial charge is 0.471 e. The van der Waals surface area contributed by atoms with Crippen molar-refractivity contribution in [1.29, 1.82) is 0 Å². The lowest BCUT2D eigenvalue weighted by Gasteiger charge is -2.15. The zero-order chi connectivity index (χ0) is 23.8. The van der Waals surface area contributed by atoms with Gasteiger partial charge in [-0.2, -0.15) is 18.2 Å². The molecule has 0 bridgehead atoms. The molecular formula is C22H16F3N7OS. The number of aromatic nitrogens is 4. The Balaban J connectivity index is 1.25. The summed E-state index contributed by atoms with van der Waals surface area (Å²) in [6.45, 7) is 1.86. The van der Waals surface area contributed by atoms with Gasteiger partial charge in [0.1, 0.15) is 5.84 Å². The molecule has 3 aromatic heterocycles. The number of benzene rings is 1. The monoisotopic (exact) mass is 483 g/mol. The van der Waals surface area contributed by atoms with E-state index in [2.05, 4.69) is 40.2 Å². The summed E-state index contributed by atoms with van der Waals surface area (Å²) in [5, 5.41) is 15.0. The third-order valence-electron chi connectivity index (χ3n) is 4.88. The van der Waals surface area contributed by atoms with E-state index >= 15 is 0 Å². The summed E-state index contributed by atoms with van der Waals surface area (Å²) >= 11 is 1.26. The Hall–Kier alpha value is -3.93. The van der Waals surface area contributed by atoms with E-state index in [4.69, 9.17) is 0 Å². The highest BCUT2D eigenvalue weighted by Crippen LogP contribution is 2.33. The number of rotatable bonds is 5. The van der Waals surface area contributed by atoms with Gasteiger partial charge in [0.25, 0.3) is 0 Å². The Kier molecular flexibility index (Phi) is 5.44. The molecule has 1 atom stereocenters. The summed E-state index contributed by atoms with van der Waals surface area (Å²) < 4.78 is 42.4. The minimum absolute atomic E-state index is 0.105. The van der Waals surface area contributed by atoms with E-state index in [-0.39, 0.29) is 5.82 Å². The average Bonchev–Trinajstić information content (AvgIpc) is 3.55. The third kappa shape index (κ3) is 4.71. The summed E-state index contributed by atoms with van der Waals surface area (Å²) in [7, 11) is 0. The molecule has 1 N–H and O–H groups in total. The summed E-state index contributed by atoms with van der Waals surface area (Å²) in [6, 6.07) is 16.9. The number of thiophene rings is 1. The van der Waals surface area contributed by atoms with Crippen LogP contribution in [-0.4, -0.2) is 38.1 Å². The Labute approximate surface area is 195 Å². The van der Waals surface area contributed by atoms with Gasteiger partial charge in [-0.1, -0.05) is 35.5 Å². The first-order valence-corrected chi connectivity index (χ1v) is 10.9. The second-order valence-corrected chi connectivity index (χ2v) is 8.80. The van der Waals surface area contributed by atoms with Crippen LogP contribution in [0.5, 0.6) is 0 Å². The van der Waals surface area contributed by atoms with E-state index in [0.717, 1.165) is 16.1 Å². The van der Waals surface area contributed by atoms with Crippen molar-refractivity contribution in [3.8, 4) is 22.0 Å². The van der Waals surface area contributed by atoms with E-state index in [0.29, 0.717) is 23.0 Å². The maximum absolute atomic E-state index is 12.7. The van der Waals surface area contributed by atoms with Crippen LogP contribution < -0.4 is 5.32 Å². The Morgan fingerprint density at radius 3 is 2.56 bits per heavy atom. The van der Waals surface area contributed by atoms with Crippen LogP contribution in [0, 0.1) is 0 Å². The zero-order valence-electron chi connectivity index (χ0n) is 17.6. The van der Waals surface area contributed by atoms with Crippen LogP contribution in [0.2, 0.25) is 0 Å². The highest BCUT2D eigenvalue weighted by molar-refractivity contribution is 7.15. The van der Waals surface area contributed by atoms with Crippen LogP contribution in [0.15, 0.2) is 69.1 Å². The molecule has 0 fully saturated rings. The lowest BCUT2D eigenvalue weighted by Crippen LogP contribution is -2.20. The summed E-state index contributed by atoms with van der Waals surface area (Å²) in [6.07, 6.45) is -2.61. The van der Waals surface area contributed by atoms with Crippen LogP contribution in [0.25, 0.3) is 22.0 Å². The van der Waals surface area contributed by atoms with Crippen LogP contribution >= 0.6 is 11.3 Å². The first-order valence-electron chi connectivity index (χ1n) is 10.1. The van der Waals surface area contributed by atoms with Gasteiger partial charge < -0.3 is 9.84 Å². The standard InChI is InChI=1S/C22H16F3N7OS/c1-21(11-14-7-9-16(34-14)19-28-20(33-32-19)22(23,24)25)26-12-18(29-21)27-17-10-8-15(30-31-17)13-5-3-2-4-6-13/h2-10,12H,11H2,1H3,(H,27,29,31). The van der Waals surface area contributed by atoms with Gasteiger partial charge >= 0.3 is 12.1 Å². The molecule has 1 aromatic carbocycles.